The molecule has 25 heavy (non-hydrogen) atoms. The van der Waals surface area contributed by atoms with Gasteiger partial charge >= 0.3 is 0 Å². The van der Waals surface area contributed by atoms with Crippen molar-refractivity contribution in [1.29, 1.82) is 0 Å². The maximum absolute atomic E-state index is 12.3. The average Bonchev–Trinajstić information content (AvgIpc) is 3.04. The molecular formula is C17H14N2O4S2. The fraction of sp³-hybridized carbons (Fsp3) is 0.118. The number of hydrogen-bond donors (Lipinski definition) is 1. The number of nitrogens with one attached hydrogen (secondary N) is 1. The summed E-state index contributed by atoms with van der Waals surface area (Å²) in [4.78, 5) is 27.8. The van der Waals surface area contributed by atoms with E-state index in [1.807, 2.05) is 29.0 Å². The summed E-state index contributed by atoms with van der Waals surface area (Å²) in [5.41, 5.74) is 0.559. The van der Waals surface area contributed by atoms with Crippen LogP contribution in [0.3, 0.4) is 0 Å². The molecule has 0 radical (unpaired) electrons. The third kappa shape index (κ3) is 3.92. The van der Waals surface area contributed by atoms with Gasteiger partial charge in [-0.25, -0.2) is 13.1 Å². The van der Waals surface area contributed by atoms with Crippen molar-refractivity contribution in [2.45, 2.75) is 17.7 Å². The average molecular weight is 374 g/mol. The minimum atomic E-state index is -3.97. The molecule has 0 atom stereocenters. The van der Waals surface area contributed by atoms with Gasteiger partial charge in [-0.1, -0.05) is 18.2 Å². The van der Waals surface area contributed by atoms with Gasteiger partial charge in [0.1, 0.15) is 4.90 Å². The summed E-state index contributed by atoms with van der Waals surface area (Å²) in [5.74, 6) is -0.914. The van der Waals surface area contributed by atoms with Crippen LogP contribution in [0.25, 0.3) is 10.1 Å². The van der Waals surface area contributed by atoms with Crippen LogP contribution < -0.4 is 4.72 Å². The van der Waals surface area contributed by atoms with Crippen molar-refractivity contribution in [3.8, 4) is 0 Å². The maximum Gasteiger partial charge on any atom is 0.265 e. The van der Waals surface area contributed by atoms with Gasteiger partial charge in [-0.3, -0.25) is 14.6 Å². The lowest BCUT2D eigenvalue weighted by Gasteiger charge is -2.06. The number of hydrogen-bond acceptors (Lipinski definition) is 6. The number of fused-ring (bicyclic) bond motifs is 1. The molecule has 0 fully saturated rings. The minimum absolute atomic E-state index is 0.0604. The summed E-state index contributed by atoms with van der Waals surface area (Å²) in [6.45, 7) is 0. The SMILES string of the molecule is O=C(CCC(=O)c1csc2ccccc12)NS(=O)(=O)c1cccnc1. The second-order valence-electron chi connectivity index (χ2n) is 5.29. The van der Waals surface area contributed by atoms with Crippen LogP contribution in [0.5, 0.6) is 0 Å². The Hall–Kier alpha value is -2.58. The number of amides is 1. The molecule has 0 unspecified atom stereocenters. The number of carbonyl (C=O) groups excluding carboxylic acids is 2. The van der Waals surface area contributed by atoms with E-state index < -0.39 is 15.9 Å². The number of carbonyl (C=O) groups is 2. The first-order valence-electron chi connectivity index (χ1n) is 7.42. The molecule has 8 heteroatoms. The van der Waals surface area contributed by atoms with Crippen LogP contribution in [0.2, 0.25) is 0 Å². The van der Waals surface area contributed by atoms with E-state index >= 15 is 0 Å². The van der Waals surface area contributed by atoms with Crippen LogP contribution >= 0.6 is 11.3 Å². The van der Waals surface area contributed by atoms with E-state index in [4.69, 9.17) is 0 Å². The van der Waals surface area contributed by atoms with E-state index in [9.17, 15) is 18.0 Å². The van der Waals surface area contributed by atoms with Crippen molar-refractivity contribution in [1.82, 2.24) is 9.71 Å². The molecule has 2 aromatic heterocycles. The number of pyridine rings is 1. The van der Waals surface area contributed by atoms with Crippen molar-refractivity contribution in [2.75, 3.05) is 0 Å². The predicted octanol–water partition coefficient (Wildman–Crippen LogP) is 2.76. The van der Waals surface area contributed by atoms with E-state index in [0.29, 0.717) is 5.56 Å². The summed E-state index contributed by atoms with van der Waals surface area (Å²) >= 11 is 1.46. The minimum Gasteiger partial charge on any atom is -0.294 e. The molecule has 0 bridgehead atoms. The molecule has 0 aliphatic carbocycles. The fourth-order valence-corrected chi connectivity index (χ4v) is 4.26. The van der Waals surface area contributed by atoms with E-state index in [1.54, 1.807) is 5.38 Å². The van der Waals surface area contributed by atoms with Crippen LogP contribution in [0.4, 0.5) is 0 Å². The van der Waals surface area contributed by atoms with Gasteiger partial charge in [-0.2, -0.15) is 0 Å². The highest BCUT2D eigenvalue weighted by atomic mass is 32.2. The van der Waals surface area contributed by atoms with Crippen molar-refractivity contribution in [3.05, 3.63) is 59.7 Å². The van der Waals surface area contributed by atoms with Gasteiger partial charge < -0.3 is 0 Å². The Morgan fingerprint density at radius 1 is 1.08 bits per heavy atom. The molecule has 6 nitrogen and oxygen atoms in total. The summed E-state index contributed by atoms with van der Waals surface area (Å²) in [6, 6.07) is 10.3. The lowest BCUT2D eigenvalue weighted by atomic mass is 10.1. The molecule has 0 saturated heterocycles. The van der Waals surface area contributed by atoms with E-state index in [1.165, 1.54) is 29.7 Å². The van der Waals surface area contributed by atoms with Gasteiger partial charge in [-0.15, -0.1) is 11.3 Å². The van der Waals surface area contributed by atoms with Gasteiger partial charge in [0, 0.05) is 46.3 Å². The molecule has 128 valence electrons. The maximum atomic E-state index is 12.3. The Labute approximate surface area is 148 Å². The topological polar surface area (TPSA) is 93.2 Å². The van der Waals surface area contributed by atoms with Gasteiger partial charge in [0.25, 0.3) is 10.0 Å². The molecule has 1 aromatic carbocycles. The number of benzene rings is 1. The predicted molar refractivity (Wildman–Crippen MR) is 95.0 cm³/mol. The Balaban J connectivity index is 1.63. The Bertz CT molecular complexity index is 1030. The molecule has 0 aliphatic heterocycles. The molecular weight excluding hydrogens is 360 g/mol. The largest absolute Gasteiger partial charge is 0.294 e. The lowest BCUT2D eigenvalue weighted by molar-refractivity contribution is -0.119. The van der Waals surface area contributed by atoms with Crippen molar-refractivity contribution < 1.29 is 18.0 Å². The summed E-state index contributed by atoms with van der Waals surface area (Å²) in [5, 5.41) is 2.61. The molecule has 0 aliphatic rings. The van der Waals surface area contributed by atoms with Crippen LogP contribution in [0.15, 0.2) is 59.1 Å². The quantitative estimate of drug-likeness (QED) is 0.670. The number of aromatic nitrogens is 1. The highest BCUT2D eigenvalue weighted by Crippen LogP contribution is 2.26. The molecule has 1 amide bonds. The van der Waals surface area contributed by atoms with E-state index in [0.717, 1.165) is 16.3 Å². The Kier molecular flexibility index (Phi) is 4.91. The van der Waals surface area contributed by atoms with Crippen LogP contribution in [0.1, 0.15) is 23.2 Å². The molecule has 3 aromatic rings. The van der Waals surface area contributed by atoms with Crippen molar-refractivity contribution in [3.63, 3.8) is 0 Å². The lowest BCUT2D eigenvalue weighted by Crippen LogP contribution is -2.30. The summed E-state index contributed by atoms with van der Waals surface area (Å²) in [6.07, 6.45) is 2.32. The first-order chi connectivity index (χ1) is 12.0. The highest BCUT2D eigenvalue weighted by Gasteiger charge is 2.19. The zero-order valence-corrected chi connectivity index (χ0v) is 14.6. The molecule has 2 heterocycles. The summed E-state index contributed by atoms with van der Waals surface area (Å²) < 4.78 is 27.0. The van der Waals surface area contributed by atoms with E-state index in [2.05, 4.69) is 4.98 Å². The third-order valence-electron chi connectivity index (χ3n) is 3.55. The number of sulfonamides is 1. The van der Waals surface area contributed by atoms with Crippen molar-refractivity contribution >= 4 is 43.1 Å². The second-order valence-corrected chi connectivity index (χ2v) is 7.88. The molecule has 0 spiro atoms. The molecule has 1 N–H and O–H groups in total. The zero-order chi connectivity index (χ0) is 17.9. The first kappa shape index (κ1) is 17.2. The van der Waals surface area contributed by atoms with Crippen LogP contribution in [0, 0.1) is 0 Å². The van der Waals surface area contributed by atoms with Gasteiger partial charge in [0.05, 0.1) is 0 Å². The number of thiophene rings is 1. The van der Waals surface area contributed by atoms with Crippen LogP contribution in [-0.4, -0.2) is 25.1 Å². The number of ketones is 1. The Morgan fingerprint density at radius 2 is 1.88 bits per heavy atom. The zero-order valence-electron chi connectivity index (χ0n) is 13.0. The number of Topliss-reactive ketones (excluding diaryl/α,β-unsaturated/α-hetero) is 1. The van der Waals surface area contributed by atoms with Gasteiger partial charge in [0.2, 0.25) is 5.91 Å². The third-order valence-corrected chi connectivity index (χ3v) is 5.88. The van der Waals surface area contributed by atoms with Crippen LogP contribution in [-0.2, 0) is 14.8 Å². The van der Waals surface area contributed by atoms with Gasteiger partial charge in [-0.05, 0) is 18.2 Å². The number of nitrogens with zero attached hydrogens (tertiary/aromatic N) is 1. The summed E-state index contributed by atoms with van der Waals surface area (Å²) in [7, 11) is -3.97. The van der Waals surface area contributed by atoms with Gasteiger partial charge in [0.15, 0.2) is 5.78 Å². The Morgan fingerprint density at radius 3 is 2.64 bits per heavy atom. The van der Waals surface area contributed by atoms with E-state index in [-0.39, 0.29) is 23.5 Å². The fourth-order valence-electron chi connectivity index (χ4n) is 2.32. The molecule has 0 saturated carbocycles. The first-order valence-corrected chi connectivity index (χ1v) is 9.79. The standard InChI is InChI=1S/C17H14N2O4S2/c20-15(14-11-24-16-6-2-1-5-13(14)16)7-8-17(21)19-25(22,23)12-4-3-9-18-10-12/h1-6,9-11H,7-8H2,(H,19,21). The second kappa shape index (κ2) is 7.12. The highest BCUT2D eigenvalue weighted by molar-refractivity contribution is 7.90. The molecule has 3 rings (SSSR count). The smallest absolute Gasteiger partial charge is 0.265 e. The monoisotopic (exact) mass is 374 g/mol. The normalized spacial score (nSPS) is 11.4. The van der Waals surface area contributed by atoms with Crippen molar-refractivity contribution in [2.24, 2.45) is 0 Å². The number of rotatable bonds is 6.